The SMILES string of the molecule is COc1ccc2c(c1)Oc1cc(C(C)(C)C)ccc1C21OCc2ccccc21.COc1ccccc1CN(Cc1ccccn1)Cc1cccc(COc2ccc3nc4ccc(=O)cc-4oc3c2)n1.O=c1ccc2nc3ccc(OCc4cccc(CN(Cc5ccccc5)Cc5ccccn5)n4)cc3oc-2c1.c1ccc(CN(Cc2ccccn2)Cc2cccc(COc3ccccc3-c3nc4ccccc4s3)n2)nc1. The third-order valence-corrected chi connectivity index (χ3v) is 26.2. The topological polar surface area (TPSA) is 264 Å². The molecule has 730 valence electrons. The van der Waals surface area contributed by atoms with Crippen molar-refractivity contribution in [2.24, 2.45) is 0 Å². The molecule has 1 spiro atoms. The van der Waals surface area contributed by atoms with E-state index in [-0.39, 0.29) is 22.9 Å². The number of benzene rings is 11. The molecule has 25 heteroatoms. The summed E-state index contributed by atoms with van der Waals surface area (Å²) in [5.41, 5.74) is 22.4. The van der Waals surface area contributed by atoms with Crippen LogP contribution in [0.3, 0.4) is 0 Å². The van der Waals surface area contributed by atoms with E-state index in [0.717, 1.165) is 136 Å². The minimum absolute atomic E-state index is 0.0364. The molecule has 4 aliphatic heterocycles. The van der Waals surface area contributed by atoms with Gasteiger partial charge in [0, 0.05) is 131 Å². The minimum Gasteiger partial charge on any atom is -0.497 e. The van der Waals surface area contributed by atoms with Gasteiger partial charge >= 0.3 is 0 Å². The molecule has 8 aromatic heterocycles. The highest BCUT2D eigenvalue weighted by Crippen LogP contribution is 2.57. The molecule has 9 aromatic carbocycles. The molecule has 0 bridgehead atoms. The summed E-state index contributed by atoms with van der Waals surface area (Å²) in [5, 5.41) is 0.952. The molecule has 24 nitrogen and oxygen atoms in total. The van der Waals surface area contributed by atoms with Crippen LogP contribution in [0.1, 0.15) is 117 Å². The molecule has 0 fully saturated rings. The average molecular weight is 1960 g/mol. The molecule has 6 aliphatic rings. The normalized spacial score (nSPS) is 12.8. The maximum atomic E-state index is 11.7. The van der Waals surface area contributed by atoms with Gasteiger partial charge in [-0.05, 0) is 210 Å². The van der Waals surface area contributed by atoms with Gasteiger partial charge in [-0.3, -0.25) is 59.2 Å². The van der Waals surface area contributed by atoms with Crippen molar-refractivity contribution in [3.8, 4) is 73.7 Å². The van der Waals surface area contributed by atoms with Crippen molar-refractivity contribution in [1.29, 1.82) is 0 Å². The molecule has 2 aliphatic carbocycles. The largest absolute Gasteiger partial charge is 0.497 e. The van der Waals surface area contributed by atoms with Crippen LogP contribution in [-0.2, 0) is 101 Å². The van der Waals surface area contributed by atoms with Crippen LogP contribution in [0.15, 0.2) is 407 Å². The highest BCUT2D eigenvalue weighted by atomic mass is 32.1. The molecule has 0 amide bonds. The van der Waals surface area contributed by atoms with Crippen LogP contribution in [0.5, 0.6) is 40.2 Å². The van der Waals surface area contributed by atoms with Crippen LogP contribution in [0.4, 0.5) is 0 Å². The second-order valence-electron chi connectivity index (χ2n) is 36.7. The van der Waals surface area contributed by atoms with Crippen LogP contribution >= 0.6 is 11.3 Å². The van der Waals surface area contributed by atoms with Crippen LogP contribution in [0.2, 0.25) is 0 Å². The third-order valence-electron chi connectivity index (χ3n) is 25.1. The zero-order valence-corrected chi connectivity index (χ0v) is 82.7. The highest BCUT2D eigenvalue weighted by molar-refractivity contribution is 7.21. The molecule has 17 aromatic rings. The lowest BCUT2D eigenvalue weighted by atomic mass is 9.76. The van der Waals surface area contributed by atoms with Gasteiger partial charge < -0.3 is 42.0 Å². The van der Waals surface area contributed by atoms with E-state index >= 15 is 0 Å². The summed E-state index contributed by atoms with van der Waals surface area (Å²) < 4.78 is 55.4. The van der Waals surface area contributed by atoms with E-state index in [1.54, 1.807) is 49.8 Å². The zero-order chi connectivity index (χ0) is 100. The number of ether oxygens (including phenoxy) is 7. The number of methoxy groups -OCH3 is 2. The molecule has 147 heavy (non-hydrogen) atoms. The summed E-state index contributed by atoms with van der Waals surface area (Å²) >= 11 is 1.67. The average Bonchev–Trinajstić information content (AvgIpc) is 0.821. The maximum absolute atomic E-state index is 11.7. The number of nitrogens with zero attached hydrogens (tertiary/aromatic N) is 13. The Morgan fingerprint density at radius 1 is 0.347 bits per heavy atom. The summed E-state index contributed by atoms with van der Waals surface area (Å²) in [6, 6.07) is 118. The Morgan fingerprint density at radius 3 is 1.34 bits per heavy atom. The van der Waals surface area contributed by atoms with Crippen molar-refractivity contribution in [3.63, 3.8) is 0 Å². The predicted octanol–water partition coefficient (Wildman–Crippen LogP) is 24.6. The monoisotopic (exact) mass is 1960 g/mol. The van der Waals surface area contributed by atoms with Gasteiger partial charge in [0.15, 0.2) is 39.1 Å². The first-order valence-corrected chi connectivity index (χ1v) is 49.4. The Morgan fingerprint density at radius 2 is 0.803 bits per heavy atom. The Bertz CT molecular complexity index is 8030. The fourth-order valence-electron chi connectivity index (χ4n) is 18.0. The van der Waals surface area contributed by atoms with Crippen LogP contribution in [0, 0.1) is 0 Å². The van der Waals surface area contributed by atoms with E-state index in [0.29, 0.717) is 122 Å². The van der Waals surface area contributed by atoms with Crippen molar-refractivity contribution in [2.75, 3.05) is 14.2 Å². The van der Waals surface area contributed by atoms with Crippen LogP contribution < -0.4 is 39.3 Å². The fraction of sp³-hybridized carbons (Fsp3) is 0.164. The molecule has 0 saturated carbocycles. The molecule has 1 unspecified atom stereocenters. The summed E-state index contributed by atoms with van der Waals surface area (Å²) in [4.78, 5) is 77.1. The molecule has 0 saturated heterocycles. The maximum Gasteiger partial charge on any atom is 0.182 e. The van der Waals surface area contributed by atoms with Gasteiger partial charge in [-0.2, -0.15) is 0 Å². The Kier molecular flexibility index (Phi) is 30.2. The summed E-state index contributed by atoms with van der Waals surface area (Å²) in [6.45, 7) is 14.4. The van der Waals surface area contributed by atoms with Gasteiger partial charge in [-0.15, -0.1) is 11.3 Å². The van der Waals surface area contributed by atoms with E-state index in [4.69, 9.17) is 61.9 Å². The van der Waals surface area contributed by atoms with Crippen LogP contribution in [0.25, 0.3) is 65.9 Å². The first kappa shape index (κ1) is 97.3. The van der Waals surface area contributed by atoms with E-state index in [1.807, 2.05) is 243 Å². The summed E-state index contributed by atoms with van der Waals surface area (Å²) in [6.07, 6.45) is 7.30. The van der Waals surface area contributed by atoms with E-state index < -0.39 is 5.60 Å². The highest BCUT2D eigenvalue weighted by Gasteiger charge is 2.50. The molecule has 0 N–H and O–H groups in total. The van der Waals surface area contributed by atoms with Gasteiger partial charge in [-0.25, -0.2) is 15.0 Å². The van der Waals surface area contributed by atoms with Gasteiger partial charge in [0.05, 0.1) is 93.5 Å². The fourth-order valence-corrected chi connectivity index (χ4v) is 19.0. The zero-order valence-electron chi connectivity index (χ0n) is 81.9. The smallest absolute Gasteiger partial charge is 0.182 e. The van der Waals surface area contributed by atoms with Crippen LogP contribution in [-0.4, -0.2) is 78.8 Å². The number of hydrogen-bond donors (Lipinski definition) is 0. The van der Waals surface area contributed by atoms with E-state index in [9.17, 15) is 9.59 Å². The lowest BCUT2D eigenvalue weighted by Gasteiger charge is -2.38. The number of para-hydroxylation sites is 3. The number of aromatic nitrogens is 10. The Hall–Kier alpha value is -17.2. The number of pyridine rings is 7. The second kappa shape index (κ2) is 45.6. The first-order valence-electron chi connectivity index (χ1n) is 48.6. The number of hydrogen-bond acceptors (Lipinski definition) is 25. The molecular formula is C122H105N13O11S. The lowest BCUT2D eigenvalue weighted by Crippen LogP contribution is -2.32. The molecule has 23 rings (SSSR count). The van der Waals surface area contributed by atoms with Gasteiger partial charge in [0.25, 0.3) is 0 Å². The van der Waals surface area contributed by atoms with Crippen molar-refractivity contribution < 1.29 is 42.0 Å². The third kappa shape index (κ3) is 24.3. The predicted molar refractivity (Wildman–Crippen MR) is 569 cm³/mol. The van der Waals surface area contributed by atoms with Crippen molar-refractivity contribution in [3.05, 3.63) is 505 Å². The van der Waals surface area contributed by atoms with Gasteiger partial charge in [0.1, 0.15) is 87.5 Å². The number of fused-ring (bicyclic) bond motifs is 11. The lowest BCUT2D eigenvalue weighted by molar-refractivity contribution is 0.0198. The molecule has 1 atom stereocenters. The molecular weight excluding hydrogens is 1860 g/mol. The minimum atomic E-state index is -0.651. The van der Waals surface area contributed by atoms with Crippen molar-refractivity contribution in [2.45, 2.75) is 117 Å². The van der Waals surface area contributed by atoms with Gasteiger partial charge in [0.2, 0.25) is 0 Å². The standard InChI is InChI=1S/C33H28N4O4.C32H27N5OS.C32H26N4O3.C25H24O3/c1-39-31-11-3-2-7-23(31)19-37(20-24-8-4-5-16-34-24)21-25-9-6-10-26(35-25)22-40-28-13-15-30-33(18-28)41-32-17-27(38)12-14-29(32)36-30;1-3-16-30(28(14-1)32-36-29-15-2-4-17-31(29)39-32)38-23-27-13-9-12-26(35-27)22-37(20-24-10-5-7-18-33-24)21-25-11-6-8-19-34-25;37-27-12-14-29-31(17-27)39-32-18-28(13-15-30(32)35-29)38-22-26-11-6-10-25(34-26)21-36(19-23-7-2-1-3-8-23)20-24-9-4-5-16-33-24;1-24(2,3)17-9-11-20-22(13-17)28-23-14-18(26-4)10-12-21(23)25(20)19-8-6-5-7-16(19)15-27-25/h2-18H,19-22H2,1H3;1-19H,20-23H2;1-18H,19-22H2;5-14H,15H2,1-4H3. The van der Waals surface area contributed by atoms with Crippen molar-refractivity contribution in [1.82, 2.24) is 64.5 Å². The number of rotatable bonds is 30. The summed E-state index contributed by atoms with van der Waals surface area (Å²) in [5.74, 6) is 6.23. The van der Waals surface area contributed by atoms with Gasteiger partial charge in [-0.1, -0.05) is 172 Å². The Labute approximate surface area is 855 Å². The molecule has 0 radical (unpaired) electrons. The second-order valence-corrected chi connectivity index (χ2v) is 37.8. The first-order chi connectivity index (χ1) is 72.0. The quantitative estimate of drug-likeness (QED) is 0.0379. The summed E-state index contributed by atoms with van der Waals surface area (Å²) in [7, 11) is 3.37. The molecule has 12 heterocycles. The number of thiazole rings is 1. The van der Waals surface area contributed by atoms with E-state index in [2.05, 4.69) is 162 Å². The Balaban J connectivity index is 0.000000120. The van der Waals surface area contributed by atoms with Crippen molar-refractivity contribution >= 4 is 43.8 Å². The van der Waals surface area contributed by atoms with E-state index in [1.165, 1.54) is 46.5 Å².